The van der Waals surface area contributed by atoms with Crippen molar-refractivity contribution in [3.63, 3.8) is 0 Å². The molecule has 1 aromatic carbocycles. The maximum atomic E-state index is 11.3. The predicted molar refractivity (Wildman–Crippen MR) is 60.4 cm³/mol. The molecule has 1 atom stereocenters. The summed E-state index contributed by atoms with van der Waals surface area (Å²) in [6, 6.07) is 7.05. The van der Waals surface area contributed by atoms with Crippen molar-refractivity contribution >= 4 is 0 Å². The minimum atomic E-state index is -0.656. The number of aliphatic hydroxyl groups is 1. The first kappa shape index (κ1) is 10.7. The van der Waals surface area contributed by atoms with Crippen molar-refractivity contribution < 1.29 is 5.11 Å². The first-order valence-corrected chi connectivity index (χ1v) is 4.97. The monoisotopic (exact) mass is 219 g/mol. The lowest BCUT2D eigenvalue weighted by Crippen LogP contribution is -2.14. The van der Waals surface area contributed by atoms with Crippen LogP contribution in [0.3, 0.4) is 0 Å². The third-order valence-corrected chi connectivity index (χ3v) is 2.43. The lowest BCUT2D eigenvalue weighted by atomic mass is 10.1. The highest BCUT2D eigenvalue weighted by Crippen LogP contribution is 2.13. The highest BCUT2D eigenvalue weighted by molar-refractivity contribution is 5.35. The molecule has 0 radical (unpaired) electrons. The Kier molecular flexibility index (Phi) is 2.89. The molecule has 0 bridgehead atoms. The van der Waals surface area contributed by atoms with Gasteiger partial charge in [0.15, 0.2) is 0 Å². The molecule has 2 aromatic rings. The zero-order chi connectivity index (χ0) is 11.5. The summed E-state index contributed by atoms with van der Waals surface area (Å²) in [5, 5.41) is 9.51. The highest BCUT2D eigenvalue weighted by Gasteiger charge is 2.05. The van der Waals surface area contributed by atoms with E-state index in [0.717, 1.165) is 11.3 Å². The molecule has 0 aliphatic carbocycles. The summed E-state index contributed by atoms with van der Waals surface area (Å²) < 4.78 is 1.48. The van der Waals surface area contributed by atoms with E-state index >= 15 is 0 Å². The molecule has 1 aromatic heterocycles. The summed E-state index contributed by atoms with van der Waals surface area (Å²) in [5.74, 6) is 0. The Morgan fingerprint density at radius 1 is 1.38 bits per heavy atom. The minimum Gasteiger partial charge on any atom is -0.387 e. The molecule has 0 saturated heterocycles. The van der Waals surface area contributed by atoms with Gasteiger partial charge >= 0.3 is 5.69 Å². The molecule has 1 unspecified atom stereocenters. The second-order valence-electron chi connectivity index (χ2n) is 3.48. The van der Waals surface area contributed by atoms with Crippen LogP contribution in [-0.2, 0) is 0 Å². The van der Waals surface area contributed by atoms with Crippen LogP contribution in [0.1, 0.15) is 11.7 Å². The van der Waals surface area contributed by atoms with Crippen LogP contribution in [-0.4, -0.2) is 21.2 Å². The first-order chi connectivity index (χ1) is 7.72. The molecule has 4 N–H and O–H groups in total. The standard InChI is InChI=1S/C11H13N3O2/c12-7-10(15)8-1-3-9(4-2-8)14-6-5-13-11(14)16/h1-6,10,15H,7,12H2,(H,13,16). The number of nitrogens with one attached hydrogen (secondary N) is 1. The lowest BCUT2D eigenvalue weighted by molar-refractivity contribution is 0.187. The molecule has 0 fully saturated rings. The summed E-state index contributed by atoms with van der Waals surface area (Å²) in [5.41, 5.74) is 6.66. The molecule has 0 spiro atoms. The molecule has 5 heteroatoms. The van der Waals surface area contributed by atoms with E-state index in [1.54, 1.807) is 36.7 Å². The van der Waals surface area contributed by atoms with Crippen LogP contribution in [0.4, 0.5) is 0 Å². The van der Waals surface area contributed by atoms with E-state index < -0.39 is 6.10 Å². The van der Waals surface area contributed by atoms with Crippen LogP contribution >= 0.6 is 0 Å². The van der Waals surface area contributed by atoms with Crippen LogP contribution in [0.2, 0.25) is 0 Å². The summed E-state index contributed by atoms with van der Waals surface area (Å²) in [7, 11) is 0. The predicted octanol–water partition coefficient (Wildman–Crippen LogP) is 0.158. The number of benzene rings is 1. The van der Waals surface area contributed by atoms with Crippen molar-refractivity contribution in [3.8, 4) is 5.69 Å². The lowest BCUT2D eigenvalue weighted by Gasteiger charge is -2.08. The van der Waals surface area contributed by atoms with Crippen molar-refractivity contribution in [1.82, 2.24) is 9.55 Å². The van der Waals surface area contributed by atoms with Crippen LogP contribution in [0.15, 0.2) is 41.5 Å². The first-order valence-electron chi connectivity index (χ1n) is 4.97. The summed E-state index contributed by atoms with van der Waals surface area (Å²) in [6.45, 7) is 0.184. The molecule has 1 heterocycles. The van der Waals surface area contributed by atoms with Crippen molar-refractivity contribution in [2.24, 2.45) is 5.73 Å². The number of aromatic nitrogens is 2. The van der Waals surface area contributed by atoms with E-state index in [1.165, 1.54) is 4.57 Å². The SMILES string of the molecule is NCC(O)c1ccc(-n2cc[nH]c2=O)cc1. The van der Waals surface area contributed by atoms with Crippen molar-refractivity contribution in [1.29, 1.82) is 0 Å². The van der Waals surface area contributed by atoms with Gasteiger partial charge in [-0.05, 0) is 17.7 Å². The summed E-state index contributed by atoms with van der Waals surface area (Å²) >= 11 is 0. The van der Waals surface area contributed by atoms with Gasteiger partial charge in [0, 0.05) is 18.9 Å². The molecule has 16 heavy (non-hydrogen) atoms. The number of nitrogens with two attached hydrogens (primary N) is 1. The van der Waals surface area contributed by atoms with Crippen molar-refractivity contribution in [3.05, 3.63) is 52.7 Å². The molecule has 5 nitrogen and oxygen atoms in total. The molecule has 0 aliphatic rings. The van der Waals surface area contributed by atoms with Crippen LogP contribution in [0, 0.1) is 0 Å². The molecule has 2 rings (SSSR count). The average molecular weight is 219 g/mol. The van der Waals surface area contributed by atoms with Gasteiger partial charge in [0.25, 0.3) is 0 Å². The van der Waals surface area contributed by atoms with Crippen LogP contribution < -0.4 is 11.4 Å². The molecule has 0 saturated carbocycles. The third kappa shape index (κ3) is 1.91. The number of aliphatic hydroxyl groups excluding tert-OH is 1. The molecular weight excluding hydrogens is 206 g/mol. The van der Waals surface area contributed by atoms with Gasteiger partial charge in [0.1, 0.15) is 0 Å². The molecular formula is C11H13N3O2. The number of nitrogens with zero attached hydrogens (tertiary/aromatic N) is 1. The fraction of sp³-hybridized carbons (Fsp3) is 0.182. The fourth-order valence-electron chi connectivity index (χ4n) is 1.52. The topological polar surface area (TPSA) is 84.0 Å². The smallest absolute Gasteiger partial charge is 0.330 e. The van der Waals surface area contributed by atoms with Gasteiger partial charge in [-0.1, -0.05) is 12.1 Å². The number of imidazole rings is 1. The number of hydrogen-bond acceptors (Lipinski definition) is 3. The van der Waals surface area contributed by atoms with E-state index in [4.69, 9.17) is 5.73 Å². The van der Waals surface area contributed by atoms with Crippen LogP contribution in [0.5, 0.6) is 0 Å². The largest absolute Gasteiger partial charge is 0.387 e. The van der Waals surface area contributed by atoms with Crippen molar-refractivity contribution in [2.45, 2.75) is 6.10 Å². The second-order valence-corrected chi connectivity index (χ2v) is 3.48. The van der Waals surface area contributed by atoms with Crippen LogP contribution in [0.25, 0.3) is 5.69 Å². The maximum absolute atomic E-state index is 11.3. The van der Waals surface area contributed by atoms with E-state index in [2.05, 4.69) is 4.98 Å². The Labute approximate surface area is 92.2 Å². The fourth-order valence-corrected chi connectivity index (χ4v) is 1.52. The Hall–Kier alpha value is -1.85. The molecule has 84 valence electrons. The van der Waals surface area contributed by atoms with Gasteiger partial charge in [-0.25, -0.2) is 4.79 Å². The third-order valence-electron chi connectivity index (χ3n) is 2.43. The number of H-pyrrole nitrogens is 1. The van der Waals surface area contributed by atoms with Gasteiger partial charge in [-0.15, -0.1) is 0 Å². The van der Waals surface area contributed by atoms with Gasteiger partial charge in [-0.3, -0.25) is 4.57 Å². The van der Waals surface area contributed by atoms with Gasteiger partial charge in [0.2, 0.25) is 0 Å². The highest BCUT2D eigenvalue weighted by atomic mass is 16.3. The Balaban J connectivity index is 2.33. The van der Waals surface area contributed by atoms with Gasteiger partial charge < -0.3 is 15.8 Å². The second kappa shape index (κ2) is 4.34. The number of rotatable bonds is 3. The quantitative estimate of drug-likeness (QED) is 0.687. The minimum absolute atomic E-state index is 0.184. The number of hydrogen-bond donors (Lipinski definition) is 3. The van der Waals surface area contributed by atoms with Gasteiger partial charge in [0.05, 0.1) is 11.8 Å². The molecule has 0 aliphatic heterocycles. The van der Waals surface area contributed by atoms with E-state index in [-0.39, 0.29) is 12.2 Å². The van der Waals surface area contributed by atoms with Crippen molar-refractivity contribution in [2.75, 3.05) is 6.54 Å². The zero-order valence-corrected chi connectivity index (χ0v) is 8.63. The van der Waals surface area contributed by atoms with E-state index in [1.807, 2.05) is 0 Å². The molecule has 0 amide bonds. The Bertz CT molecular complexity index is 513. The van der Waals surface area contributed by atoms with E-state index in [9.17, 15) is 9.90 Å². The van der Waals surface area contributed by atoms with E-state index in [0.29, 0.717) is 0 Å². The zero-order valence-electron chi connectivity index (χ0n) is 8.63. The normalized spacial score (nSPS) is 12.6. The van der Waals surface area contributed by atoms with Gasteiger partial charge in [-0.2, -0.15) is 0 Å². The summed E-state index contributed by atoms with van der Waals surface area (Å²) in [4.78, 5) is 13.9. The Morgan fingerprint density at radius 3 is 2.56 bits per heavy atom. The average Bonchev–Trinajstić information content (AvgIpc) is 2.75. The Morgan fingerprint density at radius 2 is 2.06 bits per heavy atom. The number of aromatic amines is 1. The summed E-state index contributed by atoms with van der Waals surface area (Å²) in [6.07, 6.45) is 2.57. The maximum Gasteiger partial charge on any atom is 0.330 e.